The van der Waals surface area contributed by atoms with Gasteiger partial charge in [0, 0.05) is 11.6 Å². The summed E-state index contributed by atoms with van der Waals surface area (Å²) in [5, 5.41) is 3.52. The van der Waals surface area contributed by atoms with Gasteiger partial charge in [0.25, 0.3) is 0 Å². The number of nitrogens with one attached hydrogen (secondary N) is 1. The van der Waals surface area contributed by atoms with Crippen LogP contribution in [0.2, 0.25) is 0 Å². The second-order valence-corrected chi connectivity index (χ2v) is 4.32. The maximum Gasteiger partial charge on any atom is 0.0950 e. The third-order valence-electron chi connectivity index (χ3n) is 3.27. The lowest BCUT2D eigenvalue weighted by molar-refractivity contribution is 0.288. The molecule has 1 unspecified atom stereocenters. The molecule has 1 aromatic heterocycles. The molecule has 1 aliphatic rings. The van der Waals surface area contributed by atoms with Crippen molar-refractivity contribution in [1.82, 2.24) is 5.32 Å². The van der Waals surface area contributed by atoms with E-state index in [0.717, 1.165) is 12.5 Å². The molecule has 0 saturated heterocycles. The quantitative estimate of drug-likeness (QED) is 0.777. The molecule has 78 valence electrons. The van der Waals surface area contributed by atoms with Gasteiger partial charge < -0.3 is 9.73 Å². The van der Waals surface area contributed by atoms with Crippen LogP contribution in [0.1, 0.15) is 44.2 Å². The van der Waals surface area contributed by atoms with Gasteiger partial charge in [-0.2, -0.15) is 0 Å². The normalized spacial score (nSPS) is 19.2. The predicted molar refractivity (Wildman–Crippen MR) is 57.1 cm³/mol. The lowest BCUT2D eigenvalue weighted by Gasteiger charge is -2.25. The molecule has 1 heterocycles. The smallest absolute Gasteiger partial charge is 0.0950 e. The van der Waals surface area contributed by atoms with Gasteiger partial charge in [-0.1, -0.05) is 19.3 Å². The molecule has 0 bridgehead atoms. The standard InChI is InChI=1S/C12H19NO/c1-10(12-6-8-14-9-12)13-7-5-11-3-2-4-11/h6,8-11,13H,2-5,7H2,1H3. The van der Waals surface area contributed by atoms with Crippen molar-refractivity contribution in [3.05, 3.63) is 24.2 Å². The zero-order chi connectivity index (χ0) is 9.80. The largest absolute Gasteiger partial charge is 0.472 e. The van der Waals surface area contributed by atoms with Gasteiger partial charge >= 0.3 is 0 Å². The molecule has 1 N–H and O–H groups in total. The van der Waals surface area contributed by atoms with Crippen LogP contribution in [0.5, 0.6) is 0 Å². The average molecular weight is 193 g/mol. The van der Waals surface area contributed by atoms with Crippen LogP contribution in [0.3, 0.4) is 0 Å². The van der Waals surface area contributed by atoms with E-state index in [1.54, 1.807) is 6.26 Å². The van der Waals surface area contributed by atoms with Gasteiger partial charge in [-0.25, -0.2) is 0 Å². The van der Waals surface area contributed by atoms with E-state index >= 15 is 0 Å². The molecular weight excluding hydrogens is 174 g/mol. The Morgan fingerprint density at radius 1 is 1.57 bits per heavy atom. The molecule has 0 amide bonds. The molecule has 1 saturated carbocycles. The van der Waals surface area contributed by atoms with E-state index in [4.69, 9.17) is 4.42 Å². The Bertz CT molecular complexity index is 251. The van der Waals surface area contributed by atoms with Gasteiger partial charge in [-0.3, -0.25) is 0 Å². The van der Waals surface area contributed by atoms with Gasteiger partial charge in [0.2, 0.25) is 0 Å². The summed E-state index contributed by atoms with van der Waals surface area (Å²) in [6.07, 6.45) is 9.23. The monoisotopic (exact) mass is 193 g/mol. The van der Waals surface area contributed by atoms with E-state index in [9.17, 15) is 0 Å². The minimum atomic E-state index is 0.425. The van der Waals surface area contributed by atoms with E-state index in [1.165, 1.54) is 31.2 Å². The van der Waals surface area contributed by atoms with Gasteiger partial charge in [0.1, 0.15) is 0 Å². The topological polar surface area (TPSA) is 25.2 Å². The molecule has 0 radical (unpaired) electrons. The highest BCUT2D eigenvalue weighted by Gasteiger charge is 2.16. The maximum atomic E-state index is 5.06. The summed E-state index contributed by atoms with van der Waals surface area (Å²) in [5.74, 6) is 0.999. The lowest BCUT2D eigenvalue weighted by atomic mass is 9.83. The highest BCUT2D eigenvalue weighted by Crippen LogP contribution is 2.29. The maximum absolute atomic E-state index is 5.06. The van der Waals surface area contributed by atoms with Crippen LogP contribution in [-0.2, 0) is 0 Å². The minimum Gasteiger partial charge on any atom is -0.472 e. The van der Waals surface area contributed by atoms with Crippen LogP contribution in [0, 0.1) is 5.92 Å². The number of hydrogen-bond donors (Lipinski definition) is 1. The second kappa shape index (κ2) is 4.65. The van der Waals surface area contributed by atoms with Gasteiger partial charge in [-0.05, 0) is 31.9 Å². The first-order valence-electron chi connectivity index (χ1n) is 5.62. The van der Waals surface area contributed by atoms with Crippen molar-refractivity contribution in [2.75, 3.05) is 6.54 Å². The Balaban J connectivity index is 1.65. The fraction of sp³-hybridized carbons (Fsp3) is 0.667. The van der Waals surface area contributed by atoms with Crippen molar-refractivity contribution in [3.8, 4) is 0 Å². The Kier molecular flexibility index (Phi) is 3.25. The number of rotatable bonds is 5. The first kappa shape index (κ1) is 9.78. The van der Waals surface area contributed by atoms with Crippen molar-refractivity contribution >= 4 is 0 Å². The van der Waals surface area contributed by atoms with Gasteiger partial charge in [0.15, 0.2) is 0 Å². The summed E-state index contributed by atoms with van der Waals surface area (Å²) in [6.45, 7) is 3.32. The summed E-state index contributed by atoms with van der Waals surface area (Å²) in [4.78, 5) is 0. The molecule has 1 aliphatic carbocycles. The fourth-order valence-electron chi connectivity index (χ4n) is 1.92. The van der Waals surface area contributed by atoms with Crippen LogP contribution in [0.4, 0.5) is 0 Å². The first-order valence-corrected chi connectivity index (χ1v) is 5.62. The highest BCUT2D eigenvalue weighted by molar-refractivity contribution is 5.10. The van der Waals surface area contributed by atoms with Gasteiger partial charge in [0.05, 0.1) is 12.5 Å². The van der Waals surface area contributed by atoms with Crippen molar-refractivity contribution < 1.29 is 4.42 Å². The Labute approximate surface area is 85.7 Å². The number of furan rings is 1. The minimum absolute atomic E-state index is 0.425. The van der Waals surface area contributed by atoms with Crippen LogP contribution in [-0.4, -0.2) is 6.54 Å². The molecule has 2 rings (SSSR count). The predicted octanol–water partition coefficient (Wildman–Crippen LogP) is 3.12. The van der Waals surface area contributed by atoms with E-state index in [2.05, 4.69) is 12.2 Å². The van der Waals surface area contributed by atoms with Crippen LogP contribution >= 0.6 is 0 Å². The first-order chi connectivity index (χ1) is 6.86. The molecule has 1 fully saturated rings. The highest BCUT2D eigenvalue weighted by atomic mass is 16.3. The van der Waals surface area contributed by atoms with E-state index in [-0.39, 0.29) is 0 Å². The fourth-order valence-corrected chi connectivity index (χ4v) is 1.92. The zero-order valence-electron chi connectivity index (χ0n) is 8.83. The van der Waals surface area contributed by atoms with Crippen LogP contribution in [0.25, 0.3) is 0 Å². The molecule has 1 atom stereocenters. The van der Waals surface area contributed by atoms with Crippen LogP contribution in [0.15, 0.2) is 23.0 Å². The Morgan fingerprint density at radius 2 is 2.43 bits per heavy atom. The summed E-state index contributed by atoms with van der Waals surface area (Å²) >= 11 is 0. The summed E-state index contributed by atoms with van der Waals surface area (Å²) < 4.78 is 5.06. The van der Waals surface area contributed by atoms with Crippen molar-refractivity contribution in [1.29, 1.82) is 0 Å². The molecular formula is C12H19NO. The summed E-state index contributed by atoms with van der Waals surface area (Å²) in [6, 6.07) is 2.45. The Morgan fingerprint density at radius 3 is 3.00 bits per heavy atom. The molecule has 14 heavy (non-hydrogen) atoms. The summed E-state index contributed by atoms with van der Waals surface area (Å²) in [7, 11) is 0. The molecule has 2 nitrogen and oxygen atoms in total. The number of hydrogen-bond acceptors (Lipinski definition) is 2. The van der Waals surface area contributed by atoms with Gasteiger partial charge in [-0.15, -0.1) is 0 Å². The third-order valence-corrected chi connectivity index (χ3v) is 3.27. The second-order valence-electron chi connectivity index (χ2n) is 4.32. The molecule has 1 aromatic rings. The zero-order valence-corrected chi connectivity index (χ0v) is 8.83. The van der Waals surface area contributed by atoms with E-state index < -0.39 is 0 Å². The molecule has 2 heteroatoms. The van der Waals surface area contributed by atoms with E-state index in [1.807, 2.05) is 12.3 Å². The summed E-state index contributed by atoms with van der Waals surface area (Å²) in [5.41, 5.74) is 1.25. The van der Waals surface area contributed by atoms with Crippen molar-refractivity contribution in [2.24, 2.45) is 5.92 Å². The van der Waals surface area contributed by atoms with E-state index in [0.29, 0.717) is 6.04 Å². The van der Waals surface area contributed by atoms with Crippen molar-refractivity contribution in [2.45, 2.75) is 38.6 Å². The molecule has 0 spiro atoms. The van der Waals surface area contributed by atoms with Crippen LogP contribution < -0.4 is 5.32 Å². The molecule has 0 aromatic carbocycles. The average Bonchev–Trinajstić information content (AvgIpc) is 2.61. The SMILES string of the molecule is CC(NCCC1CCC1)c1ccoc1. The third kappa shape index (κ3) is 2.38. The molecule has 0 aliphatic heterocycles. The van der Waals surface area contributed by atoms with Crippen molar-refractivity contribution in [3.63, 3.8) is 0 Å². The lowest BCUT2D eigenvalue weighted by Crippen LogP contribution is -2.23. The Hall–Kier alpha value is -0.760.